The lowest BCUT2D eigenvalue weighted by Gasteiger charge is -2.16. The summed E-state index contributed by atoms with van der Waals surface area (Å²) in [7, 11) is 1.60. The van der Waals surface area contributed by atoms with Crippen LogP contribution in [0, 0.1) is 0 Å². The molecule has 0 fully saturated rings. The van der Waals surface area contributed by atoms with Crippen LogP contribution in [0.2, 0.25) is 0 Å². The number of hydrogen-bond acceptors (Lipinski definition) is 8. The molecule has 232 valence electrons. The Balaban J connectivity index is 0.000000232. The third-order valence-corrected chi connectivity index (χ3v) is 7.50. The molecule has 0 amide bonds. The van der Waals surface area contributed by atoms with Crippen molar-refractivity contribution in [2.75, 3.05) is 7.11 Å². The normalized spacial score (nSPS) is 10.7. The van der Waals surface area contributed by atoms with Crippen molar-refractivity contribution >= 4 is 49.4 Å². The van der Waals surface area contributed by atoms with E-state index in [1.54, 1.807) is 31.4 Å². The van der Waals surface area contributed by atoms with Crippen molar-refractivity contribution in [3.63, 3.8) is 0 Å². The van der Waals surface area contributed by atoms with Crippen LogP contribution in [-0.2, 0) is 29.3 Å². The zero-order chi connectivity index (χ0) is 32.5. The molecular formula is C36H29BrN2O7. The van der Waals surface area contributed by atoms with Gasteiger partial charge in [0.25, 0.3) is 0 Å². The van der Waals surface area contributed by atoms with E-state index in [4.69, 9.17) is 19.3 Å². The maximum atomic E-state index is 13.0. The number of ether oxygens (including phenoxy) is 3. The van der Waals surface area contributed by atoms with Gasteiger partial charge in [-0.1, -0.05) is 109 Å². The molecule has 2 N–H and O–H groups in total. The molecule has 0 aliphatic heterocycles. The lowest BCUT2D eigenvalue weighted by atomic mass is 10.1. The largest absolute Gasteiger partial charge is 0.505 e. The molecule has 0 aliphatic rings. The summed E-state index contributed by atoms with van der Waals surface area (Å²) in [5.41, 5.74) is 2.37. The molecule has 0 radical (unpaired) electrons. The Hall–Kier alpha value is -5.32. The van der Waals surface area contributed by atoms with Gasteiger partial charge in [0.05, 0.1) is 12.3 Å². The molecule has 6 rings (SSSR count). The van der Waals surface area contributed by atoms with Crippen LogP contribution in [0.15, 0.2) is 114 Å². The Morgan fingerprint density at radius 3 is 1.83 bits per heavy atom. The summed E-state index contributed by atoms with van der Waals surface area (Å²) in [6, 6.07) is 34.0. The molecular weight excluding hydrogens is 652 g/mol. The van der Waals surface area contributed by atoms with Crippen LogP contribution in [-0.4, -0.2) is 39.2 Å². The third-order valence-electron chi connectivity index (χ3n) is 6.90. The van der Waals surface area contributed by atoms with Crippen LogP contribution in [0.3, 0.4) is 0 Å². The minimum atomic E-state index is -1.25. The fraction of sp³-hybridized carbons (Fsp3) is 0.111. The molecule has 0 atom stereocenters. The Kier molecular flexibility index (Phi) is 10.5. The van der Waals surface area contributed by atoms with Crippen LogP contribution in [0.25, 0.3) is 21.5 Å². The third kappa shape index (κ3) is 7.48. The highest BCUT2D eigenvalue weighted by molar-refractivity contribution is 9.10. The molecule has 6 aromatic rings. The number of carboxylic acids is 1. The lowest BCUT2D eigenvalue weighted by Crippen LogP contribution is -2.13. The number of hydrogen-bond donors (Lipinski definition) is 2. The number of carboxylic acid groups (broad SMARTS) is 1. The highest BCUT2D eigenvalue weighted by Gasteiger charge is 2.22. The summed E-state index contributed by atoms with van der Waals surface area (Å²) in [5.74, 6) is -1.67. The first-order valence-electron chi connectivity index (χ1n) is 14.2. The monoisotopic (exact) mass is 680 g/mol. The van der Waals surface area contributed by atoms with Crippen molar-refractivity contribution in [3.8, 4) is 11.5 Å². The van der Waals surface area contributed by atoms with E-state index in [2.05, 4.69) is 25.9 Å². The fourth-order valence-corrected chi connectivity index (χ4v) is 5.24. The smallest absolute Gasteiger partial charge is 0.361 e. The predicted molar refractivity (Wildman–Crippen MR) is 177 cm³/mol. The van der Waals surface area contributed by atoms with Crippen LogP contribution >= 0.6 is 15.9 Å². The molecule has 0 aliphatic carbocycles. The van der Waals surface area contributed by atoms with E-state index in [1.807, 2.05) is 84.9 Å². The number of esters is 1. The van der Waals surface area contributed by atoms with Crippen molar-refractivity contribution in [2.24, 2.45) is 0 Å². The number of methoxy groups -OCH3 is 1. The van der Waals surface area contributed by atoms with Gasteiger partial charge in [-0.15, -0.1) is 0 Å². The maximum absolute atomic E-state index is 13.0. The second-order valence-electron chi connectivity index (χ2n) is 10.0. The Bertz CT molecular complexity index is 1990. The molecule has 0 unspecified atom stereocenters. The Morgan fingerprint density at radius 2 is 1.22 bits per heavy atom. The quantitative estimate of drug-likeness (QED) is 0.116. The van der Waals surface area contributed by atoms with Gasteiger partial charge >= 0.3 is 11.9 Å². The highest BCUT2D eigenvalue weighted by Crippen LogP contribution is 2.33. The molecule has 0 saturated heterocycles. The molecule has 0 spiro atoms. The van der Waals surface area contributed by atoms with E-state index in [1.165, 1.54) is 0 Å². The molecule has 2 heterocycles. The highest BCUT2D eigenvalue weighted by atomic mass is 79.9. The Morgan fingerprint density at radius 1 is 0.674 bits per heavy atom. The van der Waals surface area contributed by atoms with Gasteiger partial charge in [-0.25, -0.2) is 19.6 Å². The number of carbonyl (C=O) groups is 2. The van der Waals surface area contributed by atoms with Crippen LogP contribution in [0.4, 0.5) is 0 Å². The van der Waals surface area contributed by atoms with Crippen molar-refractivity contribution in [1.29, 1.82) is 0 Å². The zero-order valence-electron chi connectivity index (χ0n) is 24.7. The summed E-state index contributed by atoms with van der Waals surface area (Å²) < 4.78 is 17.4. The van der Waals surface area contributed by atoms with Crippen molar-refractivity contribution in [1.82, 2.24) is 9.97 Å². The summed E-state index contributed by atoms with van der Waals surface area (Å²) in [6.07, 6.45) is 0. The van der Waals surface area contributed by atoms with E-state index in [0.717, 1.165) is 21.9 Å². The first-order valence-corrected chi connectivity index (χ1v) is 15.0. The molecule has 4 aromatic carbocycles. The van der Waals surface area contributed by atoms with Crippen LogP contribution < -0.4 is 4.74 Å². The van der Waals surface area contributed by atoms with Gasteiger partial charge in [-0.05, 0) is 27.1 Å². The molecule has 46 heavy (non-hydrogen) atoms. The summed E-state index contributed by atoms with van der Waals surface area (Å²) in [5, 5.41) is 21.3. The fourth-order valence-electron chi connectivity index (χ4n) is 4.72. The average Bonchev–Trinajstić information content (AvgIpc) is 3.09. The molecule has 0 saturated carbocycles. The minimum absolute atomic E-state index is 0.151. The second kappa shape index (κ2) is 15.1. The second-order valence-corrected chi connectivity index (χ2v) is 10.8. The molecule has 2 aromatic heterocycles. The van der Waals surface area contributed by atoms with Gasteiger partial charge in [-0.3, -0.25) is 0 Å². The van der Waals surface area contributed by atoms with E-state index >= 15 is 0 Å². The number of nitrogens with zero attached hydrogens (tertiary/aromatic N) is 2. The standard InChI is InChI=1S/C26H23NO4.C10H6BrNO3/c1-29-18-23-21-14-8-9-15-22(21)25(30-16-19-10-4-2-5-11-19)24(27-23)26(28)31-17-20-12-6-3-7-13-20;11-9-6-4-2-1-3-5(6)8(13)7(12-9)10(14)15/h2-15H,16-18H2,1H3;1-4,13H,(H,14,15). The van der Waals surface area contributed by atoms with Crippen molar-refractivity contribution < 1.29 is 34.0 Å². The van der Waals surface area contributed by atoms with Crippen LogP contribution in [0.1, 0.15) is 37.8 Å². The van der Waals surface area contributed by atoms with E-state index in [9.17, 15) is 14.7 Å². The molecule has 9 nitrogen and oxygen atoms in total. The number of fused-ring (bicyclic) bond motifs is 2. The van der Waals surface area contributed by atoms with Gasteiger partial charge in [-0.2, -0.15) is 0 Å². The van der Waals surface area contributed by atoms with Crippen molar-refractivity contribution in [3.05, 3.63) is 142 Å². The van der Waals surface area contributed by atoms with Gasteiger partial charge in [0.1, 0.15) is 17.8 Å². The number of aromatic carboxylic acids is 1. The van der Waals surface area contributed by atoms with E-state index in [0.29, 0.717) is 33.4 Å². The van der Waals surface area contributed by atoms with E-state index in [-0.39, 0.29) is 30.4 Å². The number of halogens is 1. The summed E-state index contributed by atoms with van der Waals surface area (Å²) in [6.45, 7) is 0.749. The number of carbonyl (C=O) groups excluding carboxylic acids is 1. The van der Waals surface area contributed by atoms with E-state index < -0.39 is 11.9 Å². The minimum Gasteiger partial charge on any atom is -0.505 e. The van der Waals surface area contributed by atoms with Gasteiger partial charge in [0, 0.05) is 28.7 Å². The predicted octanol–water partition coefficient (Wildman–Crippen LogP) is 7.72. The number of aromatic nitrogens is 2. The van der Waals surface area contributed by atoms with Gasteiger partial charge in [0.2, 0.25) is 0 Å². The van der Waals surface area contributed by atoms with Gasteiger partial charge in [0.15, 0.2) is 22.9 Å². The maximum Gasteiger partial charge on any atom is 0.361 e. The average molecular weight is 682 g/mol. The van der Waals surface area contributed by atoms with Gasteiger partial charge < -0.3 is 24.4 Å². The van der Waals surface area contributed by atoms with Crippen LogP contribution in [0.5, 0.6) is 11.5 Å². The topological polar surface area (TPSA) is 128 Å². The first-order chi connectivity index (χ1) is 22.4. The number of aromatic hydroxyl groups is 1. The number of benzene rings is 4. The van der Waals surface area contributed by atoms with Crippen molar-refractivity contribution in [2.45, 2.75) is 19.8 Å². The first kappa shape index (κ1) is 32.1. The summed E-state index contributed by atoms with van der Waals surface area (Å²) >= 11 is 3.16. The SMILES string of the molecule is COCc1nc(C(=O)OCc2ccccc2)c(OCc2ccccc2)c2ccccc12.O=C(O)c1nc(Br)c2ccccc2c1O. The number of pyridine rings is 2. The lowest BCUT2D eigenvalue weighted by molar-refractivity contribution is 0.0459. The Labute approximate surface area is 273 Å². The molecule has 10 heteroatoms. The summed E-state index contributed by atoms with van der Waals surface area (Å²) in [4.78, 5) is 32.2. The number of rotatable bonds is 9. The zero-order valence-corrected chi connectivity index (χ0v) is 26.3. The molecule has 0 bridgehead atoms.